The van der Waals surface area contributed by atoms with E-state index in [9.17, 15) is 9.59 Å². The highest BCUT2D eigenvalue weighted by molar-refractivity contribution is 5.92. The van der Waals surface area contributed by atoms with Crippen molar-refractivity contribution in [1.29, 1.82) is 0 Å². The van der Waals surface area contributed by atoms with Crippen LogP contribution in [0.1, 0.15) is 18.4 Å². The third-order valence-corrected chi connectivity index (χ3v) is 6.40. The van der Waals surface area contributed by atoms with Gasteiger partial charge in [0.15, 0.2) is 0 Å². The van der Waals surface area contributed by atoms with E-state index in [4.69, 9.17) is 10.6 Å². The maximum absolute atomic E-state index is 12.8. The molecular weight excluding hydrogens is 418 g/mol. The molecular formula is C25H29N5O3. The number of nitrogens with zero attached hydrogens (tertiary/aromatic N) is 2. The van der Waals surface area contributed by atoms with Gasteiger partial charge in [-0.3, -0.25) is 4.79 Å². The number of fused-ring (bicyclic) bond motifs is 1. The van der Waals surface area contributed by atoms with Crippen molar-refractivity contribution in [2.75, 3.05) is 31.3 Å². The van der Waals surface area contributed by atoms with E-state index in [-0.39, 0.29) is 24.0 Å². The number of carbonyl (C=O) groups excluding carboxylic acids is 2. The normalized spacial score (nSPS) is 19.5. The molecule has 2 aromatic carbocycles. The molecule has 3 aliphatic rings. The third-order valence-electron chi connectivity index (χ3n) is 6.40. The Labute approximate surface area is 192 Å². The van der Waals surface area contributed by atoms with Gasteiger partial charge in [0.05, 0.1) is 18.9 Å². The summed E-state index contributed by atoms with van der Waals surface area (Å²) in [6.07, 6.45) is 5.74. The Morgan fingerprint density at radius 1 is 1.12 bits per heavy atom. The van der Waals surface area contributed by atoms with Crippen molar-refractivity contribution in [3.63, 3.8) is 0 Å². The molecule has 0 radical (unpaired) electrons. The van der Waals surface area contributed by atoms with Crippen LogP contribution < -0.4 is 31.9 Å². The lowest BCUT2D eigenvalue weighted by molar-refractivity contribution is -0.122. The quantitative estimate of drug-likeness (QED) is 0.365. The Morgan fingerprint density at radius 3 is 2.67 bits per heavy atom. The zero-order valence-corrected chi connectivity index (χ0v) is 18.7. The minimum absolute atomic E-state index is 0.114. The summed E-state index contributed by atoms with van der Waals surface area (Å²) in [4.78, 5) is 26.6. The number of amides is 3. The number of carbonyl (C=O) groups is 2. The molecule has 0 bridgehead atoms. The van der Waals surface area contributed by atoms with Crippen LogP contribution in [0.3, 0.4) is 0 Å². The zero-order valence-electron chi connectivity index (χ0n) is 18.7. The average Bonchev–Trinajstić information content (AvgIpc) is 3.69. The minimum atomic E-state index is -0.232. The molecule has 1 unspecified atom stereocenters. The molecule has 33 heavy (non-hydrogen) atoms. The Bertz CT molecular complexity index is 1200. The molecule has 4 N–H and O–H groups in total. The summed E-state index contributed by atoms with van der Waals surface area (Å²) in [5, 5.41) is 9.62. The molecule has 8 heteroatoms. The number of morpholine rings is 1. The van der Waals surface area contributed by atoms with Gasteiger partial charge in [0, 0.05) is 25.2 Å². The van der Waals surface area contributed by atoms with E-state index < -0.39 is 0 Å². The number of anilines is 1. The number of nitrogens with one attached hydrogen (secondary N) is 2. The molecule has 0 spiro atoms. The number of benzene rings is 2. The fourth-order valence-electron chi connectivity index (χ4n) is 4.21. The van der Waals surface area contributed by atoms with Crippen molar-refractivity contribution in [2.45, 2.75) is 25.9 Å². The molecule has 2 heterocycles. The van der Waals surface area contributed by atoms with Crippen molar-refractivity contribution in [3.8, 4) is 11.1 Å². The highest BCUT2D eigenvalue weighted by Gasteiger charge is 2.30. The summed E-state index contributed by atoms with van der Waals surface area (Å²) >= 11 is 0. The number of rotatable bonds is 4. The van der Waals surface area contributed by atoms with E-state index in [1.54, 1.807) is 4.90 Å². The molecule has 1 atom stereocenters. The number of hydrogen-bond donors (Lipinski definition) is 3. The van der Waals surface area contributed by atoms with Crippen LogP contribution in [0.15, 0.2) is 36.4 Å². The van der Waals surface area contributed by atoms with Crippen LogP contribution in [-0.4, -0.2) is 49.3 Å². The van der Waals surface area contributed by atoms with E-state index in [0.29, 0.717) is 32.0 Å². The molecule has 5 rings (SSSR count). The first-order valence-corrected chi connectivity index (χ1v) is 11.4. The number of nitrogens with two attached hydrogens (primary N) is 1. The molecule has 2 aromatic rings. The highest BCUT2D eigenvalue weighted by atomic mass is 16.5. The van der Waals surface area contributed by atoms with Gasteiger partial charge >= 0.3 is 6.03 Å². The van der Waals surface area contributed by atoms with Gasteiger partial charge in [0.2, 0.25) is 5.91 Å². The molecule has 2 aliphatic heterocycles. The van der Waals surface area contributed by atoms with Crippen molar-refractivity contribution < 1.29 is 14.3 Å². The Morgan fingerprint density at radius 2 is 1.91 bits per heavy atom. The van der Waals surface area contributed by atoms with E-state index in [0.717, 1.165) is 40.0 Å². The maximum atomic E-state index is 12.8. The van der Waals surface area contributed by atoms with Crippen LogP contribution in [0.4, 0.5) is 10.5 Å². The lowest BCUT2D eigenvalue weighted by Gasteiger charge is -2.30. The van der Waals surface area contributed by atoms with Gasteiger partial charge in [0.25, 0.3) is 0 Å². The summed E-state index contributed by atoms with van der Waals surface area (Å²) in [7, 11) is 0. The predicted octanol–water partition coefficient (Wildman–Crippen LogP) is 0.768. The Kier molecular flexibility index (Phi) is 5.78. The first-order valence-electron chi connectivity index (χ1n) is 11.4. The molecule has 1 aliphatic carbocycles. The van der Waals surface area contributed by atoms with Crippen LogP contribution in [0.2, 0.25) is 0 Å². The van der Waals surface area contributed by atoms with Gasteiger partial charge in [-0.15, -0.1) is 0 Å². The summed E-state index contributed by atoms with van der Waals surface area (Å²) < 4.78 is 5.33. The van der Waals surface area contributed by atoms with Crippen molar-refractivity contribution in [3.05, 3.63) is 52.4 Å². The molecule has 8 nitrogen and oxygen atoms in total. The summed E-state index contributed by atoms with van der Waals surface area (Å²) in [6.45, 7) is 4.18. The van der Waals surface area contributed by atoms with Crippen molar-refractivity contribution in [1.82, 2.24) is 15.5 Å². The second-order valence-corrected chi connectivity index (χ2v) is 8.83. The molecule has 1 saturated carbocycles. The topological polar surface area (TPSA) is 99.9 Å². The standard InChI is InChI=1S/C25H29N5O3/c1-16-2-7-21(30(26)25(32)29-8-10-33-11-9-29)14-22(16)19-6-5-18-13-23(27-15-20(18)12-19)28-24(31)17-3-4-17/h2,5-7,12-15,17,23,27H,3-4,8-11,26H2,1H3,(H,28,31). The van der Waals surface area contributed by atoms with Gasteiger partial charge in [-0.2, -0.15) is 0 Å². The summed E-state index contributed by atoms with van der Waals surface area (Å²) in [5.41, 5.74) is 3.78. The SMILES string of the molecule is Cc1ccc(N(N)C(=O)N2CCOCC2)cc1-c1ccc2c(c1)=CNC(NC(=O)C1CC1)C=2. The highest BCUT2D eigenvalue weighted by Crippen LogP contribution is 2.29. The largest absolute Gasteiger partial charge is 0.378 e. The van der Waals surface area contributed by atoms with Crippen LogP contribution in [0.25, 0.3) is 23.4 Å². The lowest BCUT2D eigenvalue weighted by atomic mass is 9.98. The van der Waals surface area contributed by atoms with Gasteiger partial charge in [-0.05, 0) is 71.2 Å². The number of hydrazine groups is 1. The summed E-state index contributed by atoms with van der Waals surface area (Å²) in [6, 6.07) is 11.8. The van der Waals surface area contributed by atoms with Gasteiger partial charge in [0.1, 0.15) is 6.17 Å². The van der Waals surface area contributed by atoms with Crippen LogP contribution in [-0.2, 0) is 9.53 Å². The van der Waals surface area contributed by atoms with Crippen molar-refractivity contribution >= 4 is 29.9 Å². The van der Waals surface area contributed by atoms with Crippen LogP contribution in [0.5, 0.6) is 0 Å². The molecule has 0 aromatic heterocycles. The minimum Gasteiger partial charge on any atom is -0.378 e. The molecule has 2 fully saturated rings. The Balaban J connectivity index is 1.38. The molecule has 3 amide bonds. The van der Waals surface area contributed by atoms with E-state index in [1.165, 1.54) is 5.01 Å². The fourth-order valence-corrected chi connectivity index (χ4v) is 4.21. The van der Waals surface area contributed by atoms with Gasteiger partial charge < -0.3 is 20.3 Å². The summed E-state index contributed by atoms with van der Waals surface area (Å²) in [5.74, 6) is 6.49. The van der Waals surface area contributed by atoms with E-state index in [1.807, 2.05) is 37.4 Å². The number of ether oxygens (including phenoxy) is 1. The fraction of sp³-hybridized carbons (Fsp3) is 0.360. The monoisotopic (exact) mass is 447 g/mol. The molecule has 1 saturated heterocycles. The maximum Gasteiger partial charge on any atom is 0.339 e. The third kappa shape index (κ3) is 4.58. The predicted molar refractivity (Wildman–Crippen MR) is 127 cm³/mol. The van der Waals surface area contributed by atoms with Gasteiger partial charge in [-0.25, -0.2) is 15.6 Å². The number of urea groups is 1. The first kappa shape index (κ1) is 21.5. The van der Waals surface area contributed by atoms with Crippen molar-refractivity contribution in [2.24, 2.45) is 11.8 Å². The van der Waals surface area contributed by atoms with Gasteiger partial charge in [-0.1, -0.05) is 18.2 Å². The van der Waals surface area contributed by atoms with E-state index in [2.05, 4.69) is 28.8 Å². The first-order chi connectivity index (χ1) is 16.0. The smallest absolute Gasteiger partial charge is 0.339 e. The molecule has 172 valence electrons. The Hall–Kier alpha value is -3.36. The van der Waals surface area contributed by atoms with Crippen LogP contribution in [0, 0.1) is 12.8 Å². The zero-order chi connectivity index (χ0) is 22.9. The van der Waals surface area contributed by atoms with E-state index >= 15 is 0 Å². The second-order valence-electron chi connectivity index (χ2n) is 8.83. The lowest BCUT2D eigenvalue weighted by Crippen LogP contribution is -2.51. The second kappa shape index (κ2) is 8.88. The average molecular weight is 448 g/mol. The van der Waals surface area contributed by atoms with Crippen LogP contribution >= 0.6 is 0 Å². The number of aryl methyl sites for hydroxylation is 1. The number of hydrogen-bond acceptors (Lipinski definition) is 5.